The van der Waals surface area contributed by atoms with E-state index >= 15 is 0 Å². The molecule has 2 atom stereocenters. The highest BCUT2D eigenvalue weighted by atomic mass is 16.4. The van der Waals surface area contributed by atoms with Crippen LogP contribution in [0.2, 0.25) is 0 Å². The fourth-order valence-electron chi connectivity index (χ4n) is 2.94. The Morgan fingerprint density at radius 3 is 2.19 bits per heavy atom. The summed E-state index contributed by atoms with van der Waals surface area (Å²) in [5.74, 6) is -2.38. The van der Waals surface area contributed by atoms with E-state index in [-0.39, 0.29) is 12.3 Å². The van der Waals surface area contributed by atoms with Crippen LogP contribution in [0.3, 0.4) is 0 Å². The van der Waals surface area contributed by atoms with Crippen molar-refractivity contribution in [2.75, 3.05) is 6.54 Å². The van der Waals surface area contributed by atoms with Gasteiger partial charge >= 0.3 is 5.97 Å². The zero-order chi connectivity index (χ0) is 19.4. The van der Waals surface area contributed by atoms with Gasteiger partial charge in [-0.1, -0.05) is 65.8 Å². The van der Waals surface area contributed by atoms with Crippen LogP contribution in [0.25, 0.3) is 0 Å². The Morgan fingerprint density at radius 2 is 1.67 bits per heavy atom. The lowest BCUT2D eigenvalue weighted by Gasteiger charge is -2.42. The second kappa shape index (κ2) is 7.69. The highest BCUT2D eigenvalue weighted by Gasteiger charge is 2.45. The molecule has 0 aliphatic carbocycles. The molecule has 0 aromatic heterocycles. The first kappa shape index (κ1) is 18.1. The van der Waals surface area contributed by atoms with Crippen LogP contribution in [0.5, 0.6) is 0 Å². The standard InChI is InChI=1S/C19H17N3O5/c23-17(15(21-27)12-7-3-1-4-8-12)20-14-11-22(18(14)24)16(19(25)26)13-9-5-2-6-10-13/h1-10,14,16,27H,11H2,(H,20,23)(H,25,26). The second-order valence-electron chi connectivity index (χ2n) is 5.98. The largest absolute Gasteiger partial charge is 0.479 e. The zero-order valence-corrected chi connectivity index (χ0v) is 14.1. The zero-order valence-electron chi connectivity index (χ0n) is 14.1. The van der Waals surface area contributed by atoms with Gasteiger partial charge in [0.25, 0.3) is 5.91 Å². The van der Waals surface area contributed by atoms with Crippen LogP contribution in [-0.4, -0.2) is 51.3 Å². The number of benzene rings is 2. The van der Waals surface area contributed by atoms with Gasteiger partial charge in [-0.15, -0.1) is 0 Å². The van der Waals surface area contributed by atoms with E-state index in [1.54, 1.807) is 60.7 Å². The lowest BCUT2D eigenvalue weighted by Crippen LogP contribution is -2.66. The van der Waals surface area contributed by atoms with Crippen molar-refractivity contribution in [3.05, 3.63) is 71.8 Å². The molecule has 1 saturated heterocycles. The molecule has 2 aromatic rings. The summed E-state index contributed by atoms with van der Waals surface area (Å²) >= 11 is 0. The maximum Gasteiger partial charge on any atom is 0.331 e. The maximum absolute atomic E-state index is 12.4. The molecule has 3 N–H and O–H groups in total. The van der Waals surface area contributed by atoms with E-state index in [1.807, 2.05) is 0 Å². The van der Waals surface area contributed by atoms with Crippen LogP contribution in [0.1, 0.15) is 17.2 Å². The van der Waals surface area contributed by atoms with Crippen LogP contribution in [0, 0.1) is 0 Å². The summed E-state index contributed by atoms with van der Waals surface area (Å²) in [6, 6.07) is 14.7. The summed E-state index contributed by atoms with van der Waals surface area (Å²) < 4.78 is 0. The van der Waals surface area contributed by atoms with Crippen molar-refractivity contribution < 1.29 is 24.7 Å². The first-order valence-electron chi connectivity index (χ1n) is 8.19. The summed E-state index contributed by atoms with van der Waals surface area (Å²) in [4.78, 5) is 37.5. The predicted molar refractivity (Wildman–Crippen MR) is 95.2 cm³/mol. The van der Waals surface area contributed by atoms with E-state index in [9.17, 15) is 19.5 Å². The molecule has 2 unspecified atom stereocenters. The second-order valence-corrected chi connectivity index (χ2v) is 5.98. The fourth-order valence-corrected chi connectivity index (χ4v) is 2.94. The van der Waals surface area contributed by atoms with Gasteiger partial charge in [-0.05, 0) is 5.56 Å². The van der Waals surface area contributed by atoms with Crippen molar-refractivity contribution in [1.29, 1.82) is 0 Å². The Kier molecular flexibility index (Phi) is 5.16. The number of likely N-dealkylation sites (tertiary alicyclic amines) is 1. The van der Waals surface area contributed by atoms with Crippen LogP contribution >= 0.6 is 0 Å². The minimum Gasteiger partial charge on any atom is -0.479 e. The molecule has 0 saturated carbocycles. The van der Waals surface area contributed by atoms with E-state index < -0.39 is 29.9 Å². The fraction of sp³-hybridized carbons (Fsp3) is 0.158. The van der Waals surface area contributed by atoms with Gasteiger partial charge in [-0.2, -0.15) is 0 Å². The third-order valence-corrected chi connectivity index (χ3v) is 4.29. The van der Waals surface area contributed by atoms with Crippen LogP contribution in [0.4, 0.5) is 0 Å². The number of nitrogens with zero attached hydrogens (tertiary/aromatic N) is 2. The van der Waals surface area contributed by atoms with E-state index in [4.69, 9.17) is 5.21 Å². The Hall–Kier alpha value is -3.68. The van der Waals surface area contributed by atoms with Gasteiger partial charge < -0.3 is 20.5 Å². The van der Waals surface area contributed by atoms with Crippen molar-refractivity contribution in [3.63, 3.8) is 0 Å². The molecule has 2 aromatic carbocycles. The third kappa shape index (κ3) is 3.64. The van der Waals surface area contributed by atoms with Gasteiger partial charge in [0.2, 0.25) is 5.91 Å². The smallest absolute Gasteiger partial charge is 0.331 e. The van der Waals surface area contributed by atoms with Crippen molar-refractivity contribution in [3.8, 4) is 0 Å². The summed E-state index contributed by atoms with van der Waals surface area (Å²) in [6.45, 7) is 0.0456. The van der Waals surface area contributed by atoms with Crippen molar-refractivity contribution in [1.82, 2.24) is 10.2 Å². The first-order chi connectivity index (χ1) is 13.0. The number of aliphatic carboxylic acids is 1. The number of oxime groups is 1. The molecule has 1 fully saturated rings. The Morgan fingerprint density at radius 1 is 1.07 bits per heavy atom. The lowest BCUT2D eigenvalue weighted by atomic mass is 9.98. The minimum atomic E-state index is -1.15. The maximum atomic E-state index is 12.4. The number of carbonyl (C=O) groups excluding carboxylic acids is 2. The predicted octanol–water partition coefficient (Wildman–Crippen LogP) is 1.02. The van der Waals surface area contributed by atoms with Gasteiger partial charge in [0.05, 0.1) is 6.54 Å². The average Bonchev–Trinajstić information content (AvgIpc) is 2.68. The van der Waals surface area contributed by atoms with Gasteiger partial charge in [-0.25, -0.2) is 4.79 Å². The molecule has 0 radical (unpaired) electrons. The Balaban J connectivity index is 1.69. The highest BCUT2D eigenvalue weighted by Crippen LogP contribution is 2.27. The van der Waals surface area contributed by atoms with Crippen LogP contribution in [0.15, 0.2) is 65.8 Å². The highest BCUT2D eigenvalue weighted by molar-refractivity contribution is 6.45. The number of β-lactam (4-membered cyclic amide) rings is 1. The molecule has 0 bridgehead atoms. The molecule has 1 aliphatic heterocycles. The molecule has 138 valence electrons. The molecule has 27 heavy (non-hydrogen) atoms. The SMILES string of the molecule is O=C(NC1CN(C(C(=O)O)c2ccccc2)C1=O)C(=NO)c1ccccc1. The molecule has 0 spiro atoms. The van der Waals surface area contributed by atoms with Crippen molar-refractivity contribution in [2.24, 2.45) is 5.16 Å². The summed E-state index contributed by atoms with van der Waals surface area (Å²) in [6.07, 6.45) is 0. The van der Waals surface area contributed by atoms with E-state index in [0.29, 0.717) is 11.1 Å². The topological polar surface area (TPSA) is 119 Å². The average molecular weight is 367 g/mol. The quantitative estimate of drug-likeness (QED) is 0.305. The molecule has 3 rings (SSSR count). The van der Waals surface area contributed by atoms with Crippen molar-refractivity contribution >= 4 is 23.5 Å². The normalized spacial score (nSPS) is 17.8. The Labute approximate surface area is 154 Å². The van der Waals surface area contributed by atoms with Gasteiger partial charge in [0, 0.05) is 5.56 Å². The molecule has 1 heterocycles. The molecular weight excluding hydrogens is 350 g/mol. The minimum absolute atomic E-state index is 0.0456. The summed E-state index contributed by atoms with van der Waals surface area (Å²) in [7, 11) is 0. The number of amides is 2. The first-order valence-corrected chi connectivity index (χ1v) is 8.19. The van der Waals surface area contributed by atoms with E-state index in [2.05, 4.69) is 10.5 Å². The molecule has 2 amide bonds. The Bertz CT molecular complexity index is 883. The van der Waals surface area contributed by atoms with E-state index in [0.717, 1.165) is 0 Å². The molecular formula is C19H17N3O5. The number of hydrogen-bond donors (Lipinski definition) is 3. The summed E-state index contributed by atoms with van der Waals surface area (Å²) in [5, 5.41) is 24.1. The van der Waals surface area contributed by atoms with Crippen molar-refractivity contribution in [2.45, 2.75) is 12.1 Å². The molecule has 8 nitrogen and oxygen atoms in total. The van der Waals surface area contributed by atoms with Gasteiger partial charge in [-0.3, -0.25) is 9.59 Å². The number of carbonyl (C=O) groups is 3. The van der Waals surface area contributed by atoms with Gasteiger partial charge in [0.1, 0.15) is 6.04 Å². The van der Waals surface area contributed by atoms with Crippen LogP contribution < -0.4 is 5.32 Å². The number of carboxylic acid groups (broad SMARTS) is 1. The molecule has 8 heteroatoms. The number of carboxylic acids is 1. The summed E-state index contributed by atoms with van der Waals surface area (Å²) in [5.41, 5.74) is 0.651. The van der Waals surface area contributed by atoms with E-state index in [1.165, 1.54) is 4.90 Å². The number of hydrogen-bond acceptors (Lipinski definition) is 5. The van der Waals surface area contributed by atoms with Crippen LogP contribution in [-0.2, 0) is 14.4 Å². The van der Waals surface area contributed by atoms with Gasteiger partial charge in [0.15, 0.2) is 11.8 Å². The molecule has 1 aliphatic rings. The lowest BCUT2D eigenvalue weighted by molar-refractivity contribution is -0.160. The number of nitrogens with one attached hydrogen (secondary N) is 1. The monoisotopic (exact) mass is 367 g/mol. The number of rotatable bonds is 6. The third-order valence-electron chi connectivity index (χ3n) is 4.29.